The standard InChI is InChI=1S/C13H26N3O3P/c1-12(2)9-11(10-13(3,4)16(12)17)19-20(18,14-5-6-14)15-7-8-15/h11,17H,5-10H2,1-4H3. The number of hydrogen-bond acceptors (Lipinski definition) is 4. The molecule has 0 bridgehead atoms. The molecule has 0 aromatic rings. The summed E-state index contributed by atoms with van der Waals surface area (Å²) in [6, 6.07) is 0. The van der Waals surface area contributed by atoms with Gasteiger partial charge in [0.05, 0.1) is 6.10 Å². The summed E-state index contributed by atoms with van der Waals surface area (Å²) in [5.41, 5.74) is -0.732. The molecule has 0 unspecified atom stereocenters. The molecule has 0 aliphatic carbocycles. The molecule has 1 N–H and O–H groups in total. The molecule has 0 amide bonds. The van der Waals surface area contributed by atoms with E-state index < -0.39 is 7.67 Å². The molecule has 3 heterocycles. The van der Waals surface area contributed by atoms with Gasteiger partial charge in [0.15, 0.2) is 0 Å². The molecule has 3 rings (SSSR count). The number of hydrogen-bond donors (Lipinski definition) is 1. The molecule has 0 atom stereocenters. The van der Waals surface area contributed by atoms with E-state index in [1.165, 1.54) is 5.06 Å². The zero-order valence-electron chi connectivity index (χ0n) is 12.9. The third-order valence-electron chi connectivity index (χ3n) is 4.45. The summed E-state index contributed by atoms with van der Waals surface area (Å²) >= 11 is 0. The van der Waals surface area contributed by atoms with Crippen LogP contribution in [0.25, 0.3) is 0 Å². The molecule has 116 valence electrons. The lowest BCUT2D eigenvalue weighted by Gasteiger charge is -2.51. The van der Waals surface area contributed by atoms with Gasteiger partial charge < -0.3 is 9.73 Å². The first-order valence-corrected chi connectivity index (χ1v) is 8.97. The Kier molecular flexibility index (Phi) is 3.37. The van der Waals surface area contributed by atoms with Crippen LogP contribution >= 0.6 is 7.67 Å². The van der Waals surface area contributed by atoms with Crippen molar-refractivity contribution in [3.63, 3.8) is 0 Å². The predicted molar refractivity (Wildman–Crippen MR) is 76.6 cm³/mol. The van der Waals surface area contributed by atoms with Crippen LogP contribution in [0.1, 0.15) is 40.5 Å². The quantitative estimate of drug-likeness (QED) is 0.634. The molecule has 20 heavy (non-hydrogen) atoms. The van der Waals surface area contributed by atoms with Crippen LogP contribution in [0, 0.1) is 0 Å². The fourth-order valence-corrected chi connectivity index (χ4v) is 5.71. The van der Waals surface area contributed by atoms with Gasteiger partial charge in [0.25, 0.3) is 0 Å². The molecule has 3 saturated heterocycles. The second-order valence-electron chi connectivity index (χ2n) is 7.47. The molecule has 3 aliphatic rings. The van der Waals surface area contributed by atoms with E-state index in [1.54, 1.807) is 0 Å². The number of hydroxylamine groups is 2. The molecule has 3 aliphatic heterocycles. The summed E-state index contributed by atoms with van der Waals surface area (Å²) < 4.78 is 23.1. The van der Waals surface area contributed by atoms with Gasteiger partial charge in [-0.15, -0.1) is 0 Å². The Bertz CT molecular complexity index is 412. The maximum absolute atomic E-state index is 13.1. The topological polar surface area (TPSA) is 55.8 Å². The maximum Gasteiger partial charge on any atom is 0.346 e. The van der Waals surface area contributed by atoms with E-state index in [0.717, 1.165) is 26.2 Å². The minimum atomic E-state index is -2.78. The van der Waals surface area contributed by atoms with Gasteiger partial charge in [-0.05, 0) is 40.5 Å². The fourth-order valence-electron chi connectivity index (χ4n) is 3.35. The van der Waals surface area contributed by atoms with Crippen LogP contribution in [0.5, 0.6) is 0 Å². The summed E-state index contributed by atoms with van der Waals surface area (Å²) in [5, 5.41) is 11.7. The highest BCUT2D eigenvalue weighted by Crippen LogP contribution is 2.62. The molecular formula is C13H26N3O3P. The Morgan fingerprint density at radius 3 is 1.75 bits per heavy atom. The van der Waals surface area contributed by atoms with Gasteiger partial charge in [0.2, 0.25) is 0 Å². The van der Waals surface area contributed by atoms with Crippen LogP contribution in [0.4, 0.5) is 0 Å². The van der Waals surface area contributed by atoms with Crippen molar-refractivity contribution >= 4 is 7.67 Å². The van der Waals surface area contributed by atoms with Crippen LogP contribution in [-0.4, -0.2) is 63.0 Å². The van der Waals surface area contributed by atoms with E-state index in [2.05, 4.69) is 0 Å². The second kappa shape index (κ2) is 4.51. The first kappa shape index (κ1) is 14.9. The van der Waals surface area contributed by atoms with Gasteiger partial charge in [-0.2, -0.15) is 5.06 Å². The van der Waals surface area contributed by atoms with E-state index in [4.69, 9.17) is 4.52 Å². The molecule has 0 radical (unpaired) electrons. The average Bonchev–Trinajstić information content (AvgIpc) is 3.15. The monoisotopic (exact) mass is 303 g/mol. The molecule has 0 spiro atoms. The van der Waals surface area contributed by atoms with E-state index in [0.29, 0.717) is 12.8 Å². The van der Waals surface area contributed by atoms with Crippen molar-refractivity contribution in [3.8, 4) is 0 Å². The summed E-state index contributed by atoms with van der Waals surface area (Å²) in [5.74, 6) is 0. The Hall–Kier alpha value is 0.0300. The lowest BCUT2D eigenvalue weighted by molar-refractivity contribution is -0.255. The first-order valence-electron chi connectivity index (χ1n) is 7.44. The third-order valence-corrected chi connectivity index (χ3v) is 7.25. The number of piperidine rings is 1. The maximum atomic E-state index is 13.1. The van der Waals surface area contributed by atoms with Crippen molar-refractivity contribution in [3.05, 3.63) is 0 Å². The van der Waals surface area contributed by atoms with Crippen LogP contribution in [-0.2, 0) is 9.09 Å². The number of rotatable bonds is 4. The van der Waals surface area contributed by atoms with E-state index >= 15 is 0 Å². The summed E-state index contributed by atoms with van der Waals surface area (Å²) in [4.78, 5) is 0. The smallest absolute Gasteiger partial charge is 0.313 e. The van der Waals surface area contributed by atoms with Gasteiger partial charge in [-0.1, -0.05) is 0 Å². The highest BCUT2D eigenvalue weighted by molar-refractivity contribution is 7.54. The Balaban J connectivity index is 1.75. The van der Waals surface area contributed by atoms with Gasteiger partial charge >= 0.3 is 7.67 Å². The Labute approximate surface area is 121 Å². The SMILES string of the molecule is CC1(C)CC(OP(=O)(N2CC2)N2CC2)CC(C)(C)N1O. The van der Waals surface area contributed by atoms with E-state index in [9.17, 15) is 9.77 Å². The van der Waals surface area contributed by atoms with Crippen molar-refractivity contribution in [1.29, 1.82) is 0 Å². The van der Waals surface area contributed by atoms with E-state index in [1.807, 2.05) is 37.0 Å². The third kappa shape index (κ3) is 2.58. The highest BCUT2D eigenvalue weighted by Gasteiger charge is 2.53. The lowest BCUT2D eigenvalue weighted by Crippen LogP contribution is -2.60. The Morgan fingerprint density at radius 2 is 1.40 bits per heavy atom. The normalized spacial score (nSPS) is 31.4. The Morgan fingerprint density at radius 1 is 1.00 bits per heavy atom. The zero-order chi connectivity index (χ0) is 14.8. The van der Waals surface area contributed by atoms with Crippen molar-refractivity contribution in [2.24, 2.45) is 0 Å². The van der Waals surface area contributed by atoms with Crippen LogP contribution in [0.15, 0.2) is 0 Å². The second-order valence-corrected chi connectivity index (χ2v) is 9.79. The first-order chi connectivity index (χ1) is 9.15. The van der Waals surface area contributed by atoms with Crippen LogP contribution < -0.4 is 0 Å². The van der Waals surface area contributed by atoms with Crippen molar-refractivity contribution < 1.29 is 14.3 Å². The average molecular weight is 303 g/mol. The molecule has 0 aromatic heterocycles. The zero-order valence-corrected chi connectivity index (χ0v) is 13.8. The number of nitrogens with zero attached hydrogens (tertiary/aromatic N) is 3. The fraction of sp³-hybridized carbons (Fsp3) is 1.00. The molecule has 6 nitrogen and oxygen atoms in total. The van der Waals surface area contributed by atoms with Crippen LogP contribution in [0.3, 0.4) is 0 Å². The van der Waals surface area contributed by atoms with E-state index in [-0.39, 0.29) is 17.2 Å². The highest BCUT2D eigenvalue weighted by atomic mass is 31.2. The summed E-state index contributed by atoms with van der Waals surface area (Å²) in [6.45, 7) is 11.5. The van der Waals surface area contributed by atoms with Gasteiger partial charge in [-0.3, -0.25) is 4.57 Å². The molecule has 7 heteroatoms. The van der Waals surface area contributed by atoms with Crippen LogP contribution in [0.2, 0.25) is 0 Å². The van der Waals surface area contributed by atoms with Gasteiger partial charge in [0.1, 0.15) is 0 Å². The minimum absolute atomic E-state index is 0.0737. The lowest BCUT2D eigenvalue weighted by atomic mass is 9.80. The minimum Gasteiger partial charge on any atom is -0.313 e. The van der Waals surface area contributed by atoms with Crippen molar-refractivity contribution in [2.45, 2.75) is 57.7 Å². The summed E-state index contributed by atoms with van der Waals surface area (Å²) in [6.07, 6.45) is 1.31. The van der Waals surface area contributed by atoms with Crippen molar-refractivity contribution in [1.82, 2.24) is 14.4 Å². The van der Waals surface area contributed by atoms with Gasteiger partial charge in [0, 0.05) is 37.3 Å². The molecule has 0 aromatic carbocycles. The van der Waals surface area contributed by atoms with Gasteiger partial charge in [-0.25, -0.2) is 9.34 Å². The molecular weight excluding hydrogens is 277 g/mol. The largest absolute Gasteiger partial charge is 0.346 e. The summed E-state index contributed by atoms with van der Waals surface area (Å²) in [7, 11) is -2.78. The predicted octanol–water partition coefficient (Wildman–Crippen LogP) is 2.15. The van der Waals surface area contributed by atoms with Crippen molar-refractivity contribution in [2.75, 3.05) is 26.2 Å². The molecule has 3 fully saturated rings. The molecule has 0 saturated carbocycles.